The van der Waals surface area contributed by atoms with Crippen molar-refractivity contribution in [3.8, 4) is 0 Å². The lowest BCUT2D eigenvalue weighted by atomic mass is 9.80. The third kappa shape index (κ3) is 2.17. The highest BCUT2D eigenvalue weighted by Gasteiger charge is 2.34. The zero-order valence-corrected chi connectivity index (χ0v) is 9.54. The normalized spacial score (nSPS) is 23.5. The highest BCUT2D eigenvalue weighted by Crippen LogP contribution is 2.36. The quantitative estimate of drug-likeness (QED) is 0.512. The van der Waals surface area contributed by atoms with Crippen molar-refractivity contribution in [1.29, 1.82) is 0 Å². The van der Waals surface area contributed by atoms with Crippen LogP contribution in [0.25, 0.3) is 0 Å². The smallest absolute Gasteiger partial charge is 0.309 e. The predicted octanol–water partition coefficient (Wildman–Crippen LogP) is 2.79. The Morgan fingerprint density at radius 2 is 2.21 bits per heavy atom. The van der Waals surface area contributed by atoms with Gasteiger partial charge in [0.15, 0.2) is 0 Å². The number of hydrogen-bond acceptors (Lipinski definition) is 2. The van der Waals surface area contributed by atoms with E-state index >= 15 is 0 Å². The van der Waals surface area contributed by atoms with Gasteiger partial charge in [-0.2, -0.15) is 0 Å². The Bertz CT molecular complexity index is 241. The van der Waals surface area contributed by atoms with Crippen LogP contribution in [0.5, 0.6) is 0 Å². The first kappa shape index (κ1) is 11.3. The monoisotopic (exact) mass is 196 g/mol. The lowest BCUT2D eigenvalue weighted by Crippen LogP contribution is -2.29. The second-order valence-corrected chi connectivity index (χ2v) is 4.42. The second kappa shape index (κ2) is 4.63. The maximum Gasteiger partial charge on any atom is 0.309 e. The molecule has 0 saturated heterocycles. The molecule has 0 aliphatic heterocycles. The molecular formula is C12H20O2. The van der Waals surface area contributed by atoms with Crippen molar-refractivity contribution in [2.45, 2.75) is 33.6 Å². The summed E-state index contributed by atoms with van der Waals surface area (Å²) in [6.07, 6.45) is 4.45. The lowest BCUT2D eigenvalue weighted by Gasteiger charge is -2.25. The third-order valence-corrected chi connectivity index (χ3v) is 3.15. The van der Waals surface area contributed by atoms with E-state index in [0.717, 1.165) is 12.8 Å². The summed E-state index contributed by atoms with van der Waals surface area (Å²) in [4.78, 5) is 11.6. The van der Waals surface area contributed by atoms with E-state index in [1.54, 1.807) is 0 Å². The van der Waals surface area contributed by atoms with Crippen molar-refractivity contribution in [2.24, 2.45) is 17.8 Å². The number of carbonyl (C=O) groups is 1. The van der Waals surface area contributed by atoms with Crippen LogP contribution in [0.15, 0.2) is 11.6 Å². The summed E-state index contributed by atoms with van der Waals surface area (Å²) in [5, 5.41) is 0. The zero-order chi connectivity index (χ0) is 10.7. The van der Waals surface area contributed by atoms with E-state index in [4.69, 9.17) is 4.74 Å². The number of allylic oxidation sites excluding steroid dienone is 2. The summed E-state index contributed by atoms with van der Waals surface area (Å²) in [7, 11) is 1.48. The van der Waals surface area contributed by atoms with E-state index in [2.05, 4.69) is 26.8 Å². The minimum atomic E-state index is -0.0559. The van der Waals surface area contributed by atoms with Gasteiger partial charge in [0.05, 0.1) is 13.0 Å². The van der Waals surface area contributed by atoms with Gasteiger partial charge in [0.25, 0.3) is 0 Å². The molecule has 0 fully saturated rings. The van der Waals surface area contributed by atoms with Gasteiger partial charge in [-0.05, 0) is 31.6 Å². The molecule has 1 aliphatic carbocycles. The molecule has 0 saturated carbocycles. The fourth-order valence-electron chi connectivity index (χ4n) is 2.37. The maximum atomic E-state index is 11.6. The van der Waals surface area contributed by atoms with Crippen LogP contribution in [0.3, 0.4) is 0 Å². The van der Waals surface area contributed by atoms with Crippen LogP contribution < -0.4 is 0 Å². The van der Waals surface area contributed by atoms with Crippen LogP contribution in [0, 0.1) is 17.8 Å². The van der Waals surface area contributed by atoms with Crippen molar-refractivity contribution >= 4 is 5.97 Å². The summed E-state index contributed by atoms with van der Waals surface area (Å²) < 4.78 is 4.87. The topological polar surface area (TPSA) is 26.3 Å². The van der Waals surface area contributed by atoms with E-state index < -0.39 is 0 Å². The minimum Gasteiger partial charge on any atom is -0.469 e. The van der Waals surface area contributed by atoms with Crippen LogP contribution in [-0.2, 0) is 9.53 Å². The number of ether oxygens (including phenoxy) is 1. The first-order valence-electron chi connectivity index (χ1n) is 5.32. The van der Waals surface area contributed by atoms with E-state index in [0.29, 0.717) is 11.8 Å². The van der Waals surface area contributed by atoms with Gasteiger partial charge in [-0.15, -0.1) is 0 Å². The Morgan fingerprint density at radius 1 is 1.57 bits per heavy atom. The average molecular weight is 196 g/mol. The molecule has 0 aromatic rings. The molecule has 2 atom stereocenters. The minimum absolute atomic E-state index is 0.0405. The summed E-state index contributed by atoms with van der Waals surface area (Å²) in [6, 6.07) is 0. The molecule has 2 nitrogen and oxygen atoms in total. The molecule has 0 aromatic carbocycles. The number of methoxy groups -OCH3 is 1. The molecule has 0 bridgehead atoms. The Balaban J connectivity index is 2.78. The Kier molecular flexibility index (Phi) is 3.73. The van der Waals surface area contributed by atoms with Crippen molar-refractivity contribution in [3.63, 3.8) is 0 Å². The van der Waals surface area contributed by atoms with Crippen molar-refractivity contribution in [1.82, 2.24) is 0 Å². The standard InChI is InChI=1S/C12H20O2/c1-8(2)11(12(13)14-4)10-7-5-6-9(10)3/h6,8,10-11H,5,7H2,1-4H3/t10?,11-/m0/s1. The molecule has 0 radical (unpaired) electrons. The van der Waals surface area contributed by atoms with Gasteiger partial charge in [0, 0.05) is 0 Å². The number of rotatable bonds is 3. The molecular weight excluding hydrogens is 176 g/mol. The first-order chi connectivity index (χ1) is 6.57. The van der Waals surface area contributed by atoms with Gasteiger partial charge in [0.2, 0.25) is 0 Å². The summed E-state index contributed by atoms with van der Waals surface area (Å²) in [6.45, 7) is 6.30. The summed E-state index contributed by atoms with van der Waals surface area (Å²) >= 11 is 0. The fraction of sp³-hybridized carbons (Fsp3) is 0.750. The molecule has 0 N–H and O–H groups in total. The van der Waals surface area contributed by atoms with Crippen molar-refractivity contribution in [2.75, 3.05) is 7.11 Å². The number of carbonyl (C=O) groups excluding carboxylic acids is 1. The maximum absolute atomic E-state index is 11.6. The van der Waals surface area contributed by atoms with Gasteiger partial charge in [-0.25, -0.2) is 0 Å². The highest BCUT2D eigenvalue weighted by atomic mass is 16.5. The van der Waals surface area contributed by atoms with Crippen molar-refractivity contribution < 1.29 is 9.53 Å². The van der Waals surface area contributed by atoms with Crippen LogP contribution in [-0.4, -0.2) is 13.1 Å². The van der Waals surface area contributed by atoms with E-state index in [1.807, 2.05) is 0 Å². The highest BCUT2D eigenvalue weighted by molar-refractivity contribution is 5.73. The van der Waals surface area contributed by atoms with Crippen LogP contribution in [0.4, 0.5) is 0 Å². The number of esters is 1. The molecule has 1 rings (SSSR count). The van der Waals surface area contributed by atoms with E-state index in [1.165, 1.54) is 12.7 Å². The molecule has 0 amide bonds. The van der Waals surface area contributed by atoms with Gasteiger partial charge in [0.1, 0.15) is 0 Å². The molecule has 0 spiro atoms. The molecule has 80 valence electrons. The van der Waals surface area contributed by atoms with E-state index in [9.17, 15) is 4.79 Å². The van der Waals surface area contributed by atoms with Gasteiger partial charge < -0.3 is 4.74 Å². The van der Waals surface area contributed by atoms with Crippen LogP contribution >= 0.6 is 0 Å². The van der Waals surface area contributed by atoms with E-state index in [-0.39, 0.29) is 11.9 Å². The SMILES string of the molecule is COC(=O)[C@@H](C(C)C)C1CCC=C1C. The molecule has 0 aromatic heterocycles. The summed E-state index contributed by atoms with van der Waals surface area (Å²) in [5.74, 6) is 0.745. The Hall–Kier alpha value is -0.790. The predicted molar refractivity (Wildman–Crippen MR) is 56.8 cm³/mol. The Morgan fingerprint density at radius 3 is 2.57 bits per heavy atom. The molecule has 0 heterocycles. The first-order valence-corrected chi connectivity index (χ1v) is 5.32. The largest absolute Gasteiger partial charge is 0.469 e. The fourth-order valence-corrected chi connectivity index (χ4v) is 2.37. The third-order valence-electron chi connectivity index (χ3n) is 3.15. The van der Waals surface area contributed by atoms with Crippen LogP contribution in [0.1, 0.15) is 33.6 Å². The van der Waals surface area contributed by atoms with Crippen LogP contribution in [0.2, 0.25) is 0 Å². The molecule has 1 aliphatic rings. The zero-order valence-electron chi connectivity index (χ0n) is 9.54. The lowest BCUT2D eigenvalue weighted by molar-refractivity contribution is -0.148. The number of hydrogen-bond donors (Lipinski definition) is 0. The van der Waals surface area contributed by atoms with Gasteiger partial charge >= 0.3 is 5.97 Å². The average Bonchev–Trinajstić information content (AvgIpc) is 2.52. The summed E-state index contributed by atoms with van der Waals surface area (Å²) in [5.41, 5.74) is 1.36. The van der Waals surface area contributed by atoms with Gasteiger partial charge in [-0.3, -0.25) is 4.79 Å². The molecule has 1 unspecified atom stereocenters. The van der Waals surface area contributed by atoms with Crippen molar-refractivity contribution in [3.05, 3.63) is 11.6 Å². The molecule has 2 heteroatoms. The Labute approximate surface area is 86.3 Å². The second-order valence-electron chi connectivity index (χ2n) is 4.42. The van der Waals surface area contributed by atoms with Gasteiger partial charge in [-0.1, -0.05) is 25.5 Å². The molecule has 14 heavy (non-hydrogen) atoms.